The van der Waals surface area contributed by atoms with Crippen molar-refractivity contribution in [3.05, 3.63) is 34.1 Å². The first kappa shape index (κ1) is 17.1. The number of benzene rings is 1. The minimum Gasteiger partial charge on any atom is -0.333 e. The SMILES string of the molecule is O=C(CN1CCCCCC1=O)Nc1nc(-c2cccc(Br)c2)cs1. The van der Waals surface area contributed by atoms with E-state index in [1.54, 1.807) is 4.90 Å². The van der Waals surface area contributed by atoms with Crippen LogP contribution in [0.3, 0.4) is 0 Å². The van der Waals surface area contributed by atoms with Gasteiger partial charge in [0.15, 0.2) is 5.13 Å². The molecule has 3 rings (SSSR count). The summed E-state index contributed by atoms with van der Waals surface area (Å²) in [7, 11) is 0. The molecular weight excluding hydrogens is 390 g/mol. The van der Waals surface area contributed by atoms with E-state index in [1.165, 1.54) is 11.3 Å². The van der Waals surface area contributed by atoms with Crippen LogP contribution in [0.25, 0.3) is 11.3 Å². The summed E-state index contributed by atoms with van der Waals surface area (Å²) in [5, 5.41) is 5.26. The van der Waals surface area contributed by atoms with Crippen molar-refractivity contribution in [3.8, 4) is 11.3 Å². The number of amides is 2. The monoisotopic (exact) mass is 407 g/mol. The van der Waals surface area contributed by atoms with Crippen LogP contribution >= 0.6 is 27.3 Å². The van der Waals surface area contributed by atoms with Crippen LogP contribution in [0.4, 0.5) is 5.13 Å². The Balaban J connectivity index is 1.62. The molecule has 0 aliphatic carbocycles. The number of carbonyl (C=O) groups is 2. The van der Waals surface area contributed by atoms with E-state index >= 15 is 0 Å². The number of hydrogen-bond donors (Lipinski definition) is 1. The number of hydrogen-bond acceptors (Lipinski definition) is 4. The zero-order valence-corrected chi connectivity index (χ0v) is 15.5. The Bertz CT molecular complexity index is 747. The molecule has 5 nitrogen and oxygen atoms in total. The van der Waals surface area contributed by atoms with Crippen LogP contribution in [0.15, 0.2) is 34.1 Å². The number of halogens is 1. The quantitative estimate of drug-likeness (QED) is 0.835. The minimum absolute atomic E-state index is 0.0663. The van der Waals surface area contributed by atoms with E-state index in [0.717, 1.165) is 35.0 Å². The van der Waals surface area contributed by atoms with Crippen molar-refractivity contribution in [3.63, 3.8) is 0 Å². The summed E-state index contributed by atoms with van der Waals surface area (Å²) in [4.78, 5) is 30.2. The molecule has 1 aromatic heterocycles. The first-order chi connectivity index (χ1) is 11.6. The topological polar surface area (TPSA) is 62.3 Å². The lowest BCUT2D eigenvalue weighted by Crippen LogP contribution is -2.37. The van der Waals surface area contributed by atoms with E-state index in [1.807, 2.05) is 29.6 Å². The third-order valence-corrected chi connectivity index (χ3v) is 5.13. The molecular formula is C17H18BrN3O2S. The molecule has 1 fully saturated rings. The van der Waals surface area contributed by atoms with Gasteiger partial charge in [0, 0.05) is 28.4 Å². The van der Waals surface area contributed by atoms with Crippen LogP contribution in [0.1, 0.15) is 25.7 Å². The van der Waals surface area contributed by atoms with Crippen molar-refractivity contribution in [1.82, 2.24) is 9.88 Å². The number of anilines is 1. The summed E-state index contributed by atoms with van der Waals surface area (Å²) in [6.07, 6.45) is 3.46. The van der Waals surface area contributed by atoms with Gasteiger partial charge in [-0.15, -0.1) is 11.3 Å². The van der Waals surface area contributed by atoms with Crippen molar-refractivity contribution in [1.29, 1.82) is 0 Å². The number of rotatable bonds is 4. The van der Waals surface area contributed by atoms with Crippen LogP contribution in [0.5, 0.6) is 0 Å². The van der Waals surface area contributed by atoms with E-state index < -0.39 is 0 Å². The lowest BCUT2D eigenvalue weighted by Gasteiger charge is -2.19. The molecule has 1 aliphatic rings. The fraction of sp³-hybridized carbons (Fsp3) is 0.353. The molecule has 1 aromatic carbocycles. The fourth-order valence-electron chi connectivity index (χ4n) is 2.65. The third-order valence-electron chi connectivity index (χ3n) is 3.88. The van der Waals surface area contributed by atoms with Crippen molar-refractivity contribution >= 4 is 44.2 Å². The molecule has 1 saturated heterocycles. The van der Waals surface area contributed by atoms with Gasteiger partial charge in [-0.1, -0.05) is 34.5 Å². The molecule has 2 heterocycles. The van der Waals surface area contributed by atoms with Crippen LogP contribution < -0.4 is 5.32 Å². The molecule has 126 valence electrons. The maximum atomic E-state index is 12.2. The predicted molar refractivity (Wildman–Crippen MR) is 98.9 cm³/mol. The minimum atomic E-state index is -0.194. The number of thiazole rings is 1. The summed E-state index contributed by atoms with van der Waals surface area (Å²) in [6.45, 7) is 0.762. The first-order valence-electron chi connectivity index (χ1n) is 7.91. The highest BCUT2D eigenvalue weighted by atomic mass is 79.9. The lowest BCUT2D eigenvalue weighted by atomic mass is 10.2. The number of likely N-dealkylation sites (tertiary alicyclic amines) is 1. The number of aromatic nitrogens is 1. The van der Waals surface area contributed by atoms with Crippen LogP contribution in [0.2, 0.25) is 0 Å². The summed E-state index contributed by atoms with van der Waals surface area (Å²) < 4.78 is 0.985. The van der Waals surface area contributed by atoms with Gasteiger partial charge in [0.05, 0.1) is 12.2 Å². The average molecular weight is 408 g/mol. The Morgan fingerprint density at radius 2 is 2.21 bits per heavy atom. The van der Waals surface area contributed by atoms with Gasteiger partial charge in [-0.3, -0.25) is 9.59 Å². The Morgan fingerprint density at radius 1 is 1.33 bits per heavy atom. The van der Waals surface area contributed by atoms with E-state index in [2.05, 4.69) is 26.2 Å². The lowest BCUT2D eigenvalue weighted by molar-refractivity contribution is -0.134. The van der Waals surface area contributed by atoms with Gasteiger partial charge in [-0.05, 0) is 25.0 Å². The zero-order valence-electron chi connectivity index (χ0n) is 13.1. The Hall–Kier alpha value is -1.73. The van der Waals surface area contributed by atoms with Crippen molar-refractivity contribution in [2.75, 3.05) is 18.4 Å². The molecule has 0 saturated carbocycles. The molecule has 2 aromatic rings. The largest absolute Gasteiger partial charge is 0.333 e. The molecule has 1 N–H and O–H groups in total. The number of nitrogens with zero attached hydrogens (tertiary/aromatic N) is 2. The normalized spacial score (nSPS) is 15.2. The molecule has 0 spiro atoms. The summed E-state index contributed by atoms with van der Waals surface area (Å²) in [5.41, 5.74) is 1.81. The molecule has 0 radical (unpaired) electrons. The maximum Gasteiger partial charge on any atom is 0.245 e. The predicted octanol–water partition coefficient (Wildman–Crippen LogP) is 3.91. The summed E-state index contributed by atoms with van der Waals surface area (Å²) in [5.74, 6) is -0.128. The molecule has 1 aliphatic heterocycles. The zero-order chi connectivity index (χ0) is 16.9. The first-order valence-corrected chi connectivity index (χ1v) is 9.58. The summed E-state index contributed by atoms with van der Waals surface area (Å²) >= 11 is 4.83. The van der Waals surface area contributed by atoms with Crippen molar-refractivity contribution < 1.29 is 9.59 Å². The fourth-order valence-corrected chi connectivity index (χ4v) is 3.78. The van der Waals surface area contributed by atoms with Crippen molar-refractivity contribution in [2.45, 2.75) is 25.7 Å². The second-order valence-electron chi connectivity index (χ2n) is 5.72. The van der Waals surface area contributed by atoms with Crippen LogP contribution in [-0.2, 0) is 9.59 Å². The van der Waals surface area contributed by atoms with Gasteiger partial charge in [-0.25, -0.2) is 4.98 Å². The molecule has 0 atom stereocenters. The Labute approximate surface area is 153 Å². The second kappa shape index (κ2) is 7.90. The molecule has 2 amide bonds. The van der Waals surface area contributed by atoms with E-state index in [4.69, 9.17) is 0 Å². The van der Waals surface area contributed by atoms with Gasteiger partial charge in [0.2, 0.25) is 11.8 Å². The van der Waals surface area contributed by atoms with Gasteiger partial charge in [-0.2, -0.15) is 0 Å². The van der Waals surface area contributed by atoms with Gasteiger partial charge in [0.25, 0.3) is 0 Å². The third kappa shape index (κ3) is 4.42. The molecule has 0 bridgehead atoms. The highest BCUT2D eigenvalue weighted by Gasteiger charge is 2.19. The second-order valence-corrected chi connectivity index (χ2v) is 7.50. The van der Waals surface area contributed by atoms with Gasteiger partial charge >= 0.3 is 0 Å². The van der Waals surface area contributed by atoms with Crippen LogP contribution in [-0.4, -0.2) is 34.8 Å². The highest BCUT2D eigenvalue weighted by Crippen LogP contribution is 2.26. The molecule has 7 heteroatoms. The Kier molecular flexibility index (Phi) is 5.63. The van der Waals surface area contributed by atoms with Crippen LogP contribution in [0, 0.1) is 0 Å². The number of carbonyl (C=O) groups excluding carboxylic acids is 2. The van der Waals surface area contributed by atoms with Gasteiger partial charge < -0.3 is 10.2 Å². The van der Waals surface area contributed by atoms with E-state index in [0.29, 0.717) is 18.1 Å². The Morgan fingerprint density at radius 3 is 3.04 bits per heavy atom. The smallest absolute Gasteiger partial charge is 0.245 e. The average Bonchev–Trinajstić information content (AvgIpc) is 2.92. The van der Waals surface area contributed by atoms with Crippen molar-refractivity contribution in [2.24, 2.45) is 0 Å². The van der Waals surface area contributed by atoms with E-state index in [9.17, 15) is 9.59 Å². The molecule has 0 unspecified atom stereocenters. The highest BCUT2D eigenvalue weighted by molar-refractivity contribution is 9.10. The molecule has 24 heavy (non-hydrogen) atoms. The maximum absolute atomic E-state index is 12.2. The van der Waals surface area contributed by atoms with Gasteiger partial charge in [0.1, 0.15) is 0 Å². The van der Waals surface area contributed by atoms with E-state index in [-0.39, 0.29) is 18.4 Å². The number of nitrogens with one attached hydrogen (secondary N) is 1. The standard InChI is InChI=1S/C17H18BrN3O2S/c18-13-6-4-5-12(9-13)14-11-24-17(19-14)20-15(22)10-21-8-3-1-2-7-16(21)23/h4-6,9,11H,1-3,7-8,10H2,(H,19,20,22). The summed E-state index contributed by atoms with van der Waals surface area (Å²) in [6, 6.07) is 7.86.